The van der Waals surface area contributed by atoms with E-state index in [4.69, 9.17) is 4.74 Å². The number of aliphatic hydroxyl groups excluding tert-OH is 1. The number of ether oxygens (including phenoxy) is 1. The van der Waals surface area contributed by atoms with E-state index in [9.17, 15) is 15.2 Å². The van der Waals surface area contributed by atoms with Crippen LogP contribution in [0.25, 0.3) is 0 Å². The minimum absolute atomic E-state index is 0.0122. The van der Waals surface area contributed by atoms with Gasteiger partial charge in [0.05, 0.1) is 42.9 Å². The van der Waals surface area contributed by atoms with Gasteiger partial charge in [-0.1, -0.05) is 6.92 Å². The summed E-state index contributed by atoms with van der Waals surface area (Å²) < 4.78 is 5.32. The number of aromatic nitrogens is 1. The Bertz CT molecular complexity index is 497. The second-order valence-electron chi connectivity index (χ2n) is 4.86. The third-order valence-corrected chi connectivity index (χ3v) is 3.30. The fourth-order valence-electron chi connectivity index (χ4n) is 2.21. The van der Waals surface area contributed by atoms with Gasteiger partial charge >= 0.3 is 0 Å². The van der Waals surface area contributed by atoms with Crippen molar-refractivity contribution in [1.82, 2.24) is 4.98 Å². The Morgan fingerprint density at radius 3 is 3.10 bits per heavy atom. The number of anilines is 2. The molecule has 1 saturated heterocycles. The van der Waals surface area contributed by atoms with E-state index in [0.717, 1.165) is 6.42 Å². The number of hydrogen-bond donors (Lipinski definition) is 2. The molecule has 0 aliphatic carbocycles. The summed E-state index contributed by atoms with van der Waals surface area (Å²) >= 11 is 0. The summed E-state index contributed by atoms with van der Waals surface area (Å²) in [4.78, 5) is 16.9. The van der Waals surface area contributed by atoms with Crippen LogP contribution in [0.1, 0.15) is 13.3 Å². The molecule has 0 saturated carbocycles. The second kappa shape index (κ2) is 7.19. The number of nitrogens with zero attached hydrogens (tertiary/aromatic N) is 3. The minimum Gasteiger partial charge on any atom is -0.394 e. The molecule has 1 aliphatic heterocycles. The molecule has 1 aromatic rings. The van der Waals surface area contributed by atoms with Crippen LogP contribution >= 0.6 is 0 Å². The Hall–Kier alpha value is -1.93. The van der Waals surface area contributed by atoms with Gasteiger partial charge in [-0.2, -0.15) is 0 Å². The van der Waals surface area contributed by atoms with Crippen molar-refractivity contribution in [3.63, 3.8) is 0 Å². The summed E-state index contributed by atoms with van der Waals surface area (Å²) in [5.41, 5.74) is -0.0122. The van der Waals surface area contributed by atoms with E-state index in [1.54, 1.807) is 0 Å². The Morgan fingerprint density at radius 2 is 2.43 bits per heavy atom. The van der Waals surface area contributed by atoms with Gasteiger partial charge in [0, 0.05) is 13.1 Å². The Balaban J connectivity index is 2.31. The summed E-state index contributed by atoms with van der Waals surface area (Å²) in [6.45, 7) is 4.07. The van der Waals surface area contributed by atoms with E-state index in [1.165, 1.54) is 12.1 Å². The number of nitro groups is 1. The lowest BCUT2D eigenvalue weighted by Gasteiger charge is -2.35. The Morgan fingerprint density at radius 1 is 1.62 bits per heavy atom. The van der Waals surface area contributed by atoms with E-state index < -0.39 is 4.92 Å². The van der Waals surface area contributed by atoms with Crippen LogP contribution in [0.3, 0.4) is 0 Å². The summed E-state index contributed by atoms with van der Waals surface area (Å²) in [6, 6.07) is 2.63. The van der Waals surface area contributed by atoms with Gasteiger partial charge in [0.2, 0.25) is 0 Å². The van der Waals surface area contributed by atoms with E-state index in [-0.39, 0.29) is 18.3 Å². The average Bonchev–Trinajstić information content (AvgIpc) is 2.52. The lowest BCUT2D eigenvalue weighted by atomic mass is 10.2. The van der Waals surface area contributed by atoms with Crippen LogP contribution in [0.15, 0.2) is 12.1 Å². The molecule has 21 heavy (non-hydrogen) atoms. The number of hydrogen-bond acceptors (Lipinski definition) is 7. The largest absolute Gasteiger partial charge is 0.394 e. The molecular formula is C13H20N4O4. The van der Waals surface area contributed by atoms with E-state index >= 15 is 0 Å². The van der Waals surface area contributed by atoms with Crippen LogP contribution in [0.2, 0.25) is 0 Å². The molecule has 2 N–H and O–H groups in total. The monoisotopic (exact) mass is 296 g/mol. The third kappa shape index (κ3) is 3.79. The molecular weight excluding hydrogens is 276 g/mol. The van der Waals surface area contributed by atoms with Gasteiger partial charge in [-0.3, -0.25) is 10.1 Å². The first-order valence-electron chi connectivity index (χ1n) is 7.01. The first kappa shape index (κ1) is 15.5. The molecule has 0 aromatic carbocycles. The smallest absolute Gasteiger partial charge is 0.276 e. The summed E-state index contributed by atoms with van der Waals surface area (Å²) in [7, 11) is 0. The fourth-order valence-corrected chi connectivity index (χ4v) is 2.21. The summed E-state index contributed by atoms with van der Waals surface area (Å²) in [5, 5.41) is 23.5. The highest BCUT2D eigenvalue weighted by Gasteiger charge is 2.25. The van der Waals surface area contributed by atoms with Crippen LogP contribution < -0.4 is 10.2 Å². The minimum atomic E-state index is -0.434. The Labute approximate surface area is 122 Å². The van der Waals surface area contributed by atoms with Crippen LogP contribution in [-0.4, -0.2) is 54.0 Å². The zero-order valence-corrected chi connectivity index (χ0v) is 12.0. The van der Waals surface area contributed by atoms with Gasteiger partial charge in [-0.05, 0) is 6.42 Å². The SMILES string of the molecule is CCCNc1cc([N+](=O)[O-])cc(N2CCOCC2CO)n1. The molecule has 8 heteroatoms. The molecule has 0 amide bonds. The normalized spacial score (nSPS) is 18.6. The molecule has 1 atom stereocenters. The van der Waals surface area contributed by atoms with Gasteiger partial charge in [-0.15, -0.1) is 0 Å². The van der Waals surface area contributed by atoms with Crippen molar-refractivity contribution >= 4 is 17.3 Å². The molecule has 0 bridgehead atoms. The predicted molar refractivity (Wildman–Crippen MR) is 78.7 cm³/mol. The highest BCUT2D eigenvalue weighted by Crippen LogP contribution is 2.25. The number of aliphatic hydroxyl groups is 1. The van der Waals surface area contributed by atoms with Gasteiger partial charge in [0.1, 0.15) is 11.6 Å². The molecule has 2 heterocycles. The van der Waals surface area contributed by atoms with Gasteiger partial charge in [-0.25, -0.2) is 4.98 Å². The van der Waals surface area contributed by atoms with Gasteiger partial charge < -0.3 is 20.1 Å². The van der Waals surface area contributed by atoms with Crippen molar-refractivity contribution in [1.29, 1.82) is 0 Å². The number of pyridine rings is 1. The molecule has 2 rings (SSSR count). The maximum atomic E-state index is 11.1. The number of rotatable bonds is 6. The Kier molecular flexibility index (Phi) is 5.29. The van der Waals surface area contributed by atoms with Gasteiger partial charge in [0.15, 0.2) is 0 Å². The van der Waals surface area contributed by atoms with E-state index in [0.29, 0.717) is 37.9 Å². The first-order chi connectivity index (χ1) is 10.2. The predicted octanol–water partition coefficient (Wildman–Crippen LogP) is 1.01. The van der Waals surface area contributed by atoms with Crippen LogP contribution in [0.5, 0.6) is 0 Å². The highest BCUT2D eigenvalue weighted by atomic mass is 16.6. The molecule has 8 nitrogen and oxygen atoms in total. The molecule has 0 spiro atoms. The molecule has 1 aliphatic rings. The average molecular weight is 296 g/mol. The van der Waals surface area contributed by atoms with E-state index in [1.807, 2.05) is 11.8 Å². The summed E-state index contributed by atoms with van der Waals surface area (Å²) in [5.74, 6) is 0.967. The summed E-state index contributed by atoms with van der Waals surface area (Å²) in [6.07, 6.45) is 0.899. The maximum absolute atomic E-state index is 11.1. The molecule has 1 aromatic heterocycles. The zero-order chi connectivity index (χ0) is 15.2. The quantitative estimate of drug-likeness (QED) is 0.596. The van der Waals surface area contributed by atoms with Crippen molar-refractivity contribution in [2.75, 3.05) is 43.1 Å². The first-order valence-corrected chi connectivity index (χ1v) is 7.01. The van der Waals surface area contributed by atoms with Crippen molar-refractivity contribution in [3.05, 3.63) is 22.2 Å². The molecule has 1 fully saturated rings. The van der Waals surface area contributed by atoms with Crippen molar-refractivity contribution in [3.8, 4) is 0 Å². The second-order valence-corrected chi connectivity index (χ2v) is 4.86. The lowest BCUT2D eigenvalue weighted by molar-refractivity contribution is -0.384. The number of nitrogens with one attached hydrogen (secondary N) is 1. The highest BCUT2D eigenvalue weighted by molar-refractivity contribution is 5.56. The lowest BCUT2D eigenvalue weighted by Crippen LogP contribution is -2.48. The molecule has 0 radical (unpaired) electrons. The van der Waals surface area contributed by atoms with Gasteiger partial charge in [0.25, 0.3) is 5.69 Å². The molecule has 1 unspecified atom stereocenters. The fraction of sp³-hybridized carbons (Fsp3) is 0.615. The van der Waals surface area contributed by atoms with Crippen LogP contribution in [-0.2, 0) is 4.74 Å². The standard InChI is InChI=1S/C13H20N4O4/c1-2-3-14-12-6-10(17(19)20)7-13(15-12)16-4-5-21-9-11(16)8-18/h6-7,11,18H,2-5,8-9H2,1H3,(H,14,15). The van der Waals surface area contributed by atoms with Crippen LogP contribution in [0, 0.1) is 10.1 Å². The van der Waals surface area contributed by atoms with Crippen molar-refractivity contribution in [2.24, 2.45) is 0 Å². The van der Waals surface area contributed by atoms with Crippen LogP contribution in [0.4, 0.5) is 17.3 Å². The van der Waals surface area contributed by atoms with Crippen molar-refractivity contribution in [2.45, 2.75) is 19.4 Å². The van der Waals surface area contributed by atoms with E-state index in [2.05, 4.69) is 10.3 Å². The third-order valence-electron chi connectivity index (χ3n) is 3.30. The number of morpholine rings is 1. The zero-order valence-electron chi connectivity index (χ0n) is 12.0. The van der Waals surface area contributed by atoms with Crippen molar-refractivity contribution < 1.29 is 14.8 Å². The molecule has 116 valence electrons. The topological polar surface area (TPSA) is 101 Å². The maximum Gasteiger partial charge on any atom is 0.276 e.